The lowest BCUT2D eigenvalue weighted by Gasteiger charge is -2.10. The van der Waals surface area contributed by atoms with Crippen molar-refractivity contribution in [2.45, 2.75) is 57.2 Å². The van der Waals surface area contributed by atoms with Gasteiger partial charge in [-0.1, -0.05) is 0 Å². The molecule has 1 aliphatic carbocycles. The van der Waals surface area contributed by atoms with Gasteiger partial charge >= 0.3 is 6.18 Å². The van der Waals surface area contributed by atoms with Crippen molar-refractivity contribution in [3.8, 4) is 0 Å². The first-order valence-corrected chi connectivity index (χ1v) is 7.21. The largest absolute Gasteiger partial charge is 0.389 e. The Hall–Kier alpha value is -0.550. The molecule has 1 unspecified atom stereocenters. The summed E-state index contributed by atoms with van der Waals surface area (Å²) in [5.74, 6) is 0. The Balaban J connectivity index is 1.89. The Labute approximate surface area is 109 Å². The van der Waals surface area contributed by atoms with Crippen LogP contribution in [0.3, 0.4) is 0 Å². The number of alkyl halides is 3. The van der Waals surface area contributed by atoms with Crippen LogP contribution in [0.1, 0.15) is 53.5 Å². The number of thiophene rings is 1. The third-order valence-corrected chi connectivity index (χ3v) is 4.73. The molecule has 1 aromatic rings. The van der Waals surface area contributed by atoms with Crippen LogP contribution < -0.4 is 5.73 Å². The maximum Gasteiger partial charge on any atom is 0.389 e. The molecule has 0 amide bonds. The first-order valence-electron chi connectivity index (χ1n) is 6.39. The summed E-state index contributed by atoms with van der Waals surface area (Å²) in [6.07, 6.45) is 0.380. The highest BCUT2D eigenvalue weighted by Gasteiger charge is 2.26. The lowest BCUT2D eigenvalue weighted by molar-refractivity contribution is -0.135. The van der Waals surface area contributed by atoms with Gasteiger partial charge in [-0.05, 0) is 50.2 Å². The number of rotatable bonds is 4. The molecule has 18 heavy (non-hydrogen) atoms. The minimum absolute atomic E-state index is 0.118. The van der Waals surface area contributed by atoms with Crippen LogP contribution in [0.4, 0.5) is 13.2 Å². The molecule has 0 saturated heterocycles. The molecule has 0 fully saturated rings. The van der Waals surface area contributed by atoms with E-state index < -0.39 is 12.6 Å². The summed E-state index contributed by atoms with van der Waals surface area (Å²) in [6.45, 7) is 0. The predicted molar refractivity (Wildman–Crippen MR) is 67.8 cm³/mol. The Kier molecular flexibility index (Phi) is 4.33. The molecule has 0 aromatic carbocycles. The third-order valence-electron chi connectivity index (χ3n) is 3.36. The van der Waals surface area contributed by atoms with Crippen LogP contribution in [0.15, 0.2) is 6.07 Å². The molecule has 0 bridgehead atoms. The molecule has 1 aliphatic rings. The molecule has 2 rings (SSSR count). The van der Waals surface area contributed by atoms with E-state index in [0.29, 0.717) is 6.42 Å². The second-order valence-electron chi connectivity index (χ2n) is 4.92. The molecule has 1 heterocycles. The van der Waals surface area contributed by atoms with Gasteiger partial charge < -0.3 is 5.73 Å². The molecule has 0 saturated carbocycles. The first kappa shape index (κ1) is 13.9. The van der Waals surface area contributed by atoms with Crippen LogP contribution >= 0.6 is 11.3 Å². The van der Waals surface area contributed by atoms with Crippen molar-refractivity contribution in [2.24, 2.45) is 5.73 Å². The smallest absolute Gasteiger partial charge is 0.323 e. The molecule has 102 valence electrons. The van der Waals surface area contributed by atoms with Crippen LogP contribution in [0.5, 0.6) is 0 Å². The van der Waals surface area contributed by atoms with Crippen LogP contribution in [0.25, 0.3) is 0 Å². The molecule has 0 spiro atoms. The standard InChI is InChI=1S/C13H18F3NS/c14-13(15,16)7-3-5-10(17)12-8-9-4-1-2-6-11(9)18-12/h8,10H,1-7,17H2. The normalized spacial score (nSPS) is 17.6. The molecule has 5 heteroatoms. The van der Waals surface area contributed by atoms with Gasteiger partial charge in [0, 0.05) is 22.2 Å². The highest BCUT2D eigenvalue weighted by molar-refractivity contribution is 7.12. The number of aryl methyl sites for hydroxylation is 2. The molecule has 0 aliphatic heterocycles. The maximum atomic E-state index is 12.1. The number of hydrogen-bond acceptors (Lipinski definition) is 2. The van der Waals surface area contributed by atoms with Gasteiger partial charge in [-0.2, -0.15) is 13.2 Å². The van der Waals surface area contributed by atoms with Gasteiger partial charge in [-0.25, -0.2) is 0 Å². The van der Waals surface area contributed by atoms with E-state index in [1.807, 2.05) is 0 Å². The summed E-state index contributed by atoms with van der Waals surface area (Å²) < 4.78 is 36.2. The highest BCUT2D eigenvalue weighted by atomic mass is 32.1. The van der Waals surface area contributed by atoms with Gasteiger partial charge in [-0.15, -0.1) is 11.3 Å². The van der Waals surface area contributed by atoms with Crippen LogP contribution in [0.2, 0.25) is 0 Å². The SMILES string of the molecule is NC(CCCC(F)(F)F)c1cc2c(s1)CCCC2. The Bertz CT molecular complexity index is 374. The second kappa shape index (κ2) is 5.61. The number of hydrogen-bond donors (Lipinski definition) is 1. The van der Waals surface area contributed by atoms with Crippen LogP contribution in [0, 0.1) is 0 Å². The fourth-order valence-electron chi connectivity index (χ4n) is 2.36. The molecule has 0 radical (unpaired) electrons. The van der Waals surface area contributed by atoms with E-state index >= 15 is 0 Å². The predicted octanol–water partition coefficient (Wildman–Crippen LogP) is 4.36. The molecule has 1 atom stereocenters. The Morgan fingerprint density at radius 1 is 1.28 bits per heavy atom. The highest BCUT2D eigenvalue weighted by Crippen LogP contribution is 2.34. The van der Waals surface area contributed by atoms with Gasteiger partial charge in [0.15, 0.2) is 0 Å². The number of fused-ring (bicyclic) bond motifs is 1. The van der Waals surface area contributed by atoms with E-state index in [-0.39, 0.29) is 12.5 Å². The molecule has 2 N–H and O–H groups in total. The van der Waals surface area contributed by atoms with Crippen LogP contribution in [-0.2, 0) is 12.8 Å². The van der Waals surface area contributed by atoms with Gasteiger partial charge in [0.1, 0.15) is 0 Å². The van der Waals surface area contributed by atoms with E-state index in [0.717, 1.165) is 17.7 Å². The van der Waals surface area contributed by atoms with Crippen molar-refractivity contribution < 1.29 is 13.2 Å². The quantitative estimate of drug-likeness (QED) is 0.869. The molecular weight excluding hydrogens is 259 g/mol. The Morgan fingerprint density at radius 3 is 2.67 bits per heavy atom. The molecule has 1 aromatic heterocycles. The van der Waals surface area contributed by atoms with Crippen molar-refractivity contribution in [3.05, 3.63) is 21.4 Å². The average Bonchev–Trinajstić information content (AvgIpc) is 2.70. The summed E-state index contributed by atoms with van der Waals surface area (Å²) in [5.41, 5.74) is 7.35. The van der Waals surface area contributed by atoms with E-state index in [1.165, 1.54) is 23.3 Å². The number of nitrogens with two attached hydrogens (primary N) is 1. The molecular formula is C13H18F3NS. The Morgan fingerprint density at radius 2 is 2.00 bits per heavy atom. The lowest BCUT2D eigenvalue weighted by Crippen LogP contribution is -2.12. The van der Waals surface area contributed by atoms with Crippen molar-refractivity contribution in [3.63, 3.8) is 0 Å². The summed E-state index contributed by atoms with van der Waals surface area (Å²) in [6, 6.07) is 1.88. The maximum absolute atomic E-state index is 12.1. The topological polar surface area (TPSA) is 26.0 Å². The second-order valence-corrected chi connectivity index (χ2v) is 6.09. The van der Waals surface area contributed by atoms with Gasteiger partial charge in [-0.3, -0.25) is 0 Å². The summed E-state index contributed by atoms with van der Waals surface area (Å²) >= 11 is 1.70. The first-order chi connectivity index (χ1) is 8.46. The summed E-state index contributed by atoms with van der Waals surface area (Å²) in [4.78, 5) is 2.45. The molecule has 1 nitrogen and oxygen atoms in total. The zero-order chi connectivity index (χ0) is 13.2. The fraction of sp³-hybridized carbons (Fsp3) is 0.692. The van der Waals surface area contributed by atoms with E-state index in [4.69, 9.17) is 5.73 Å². The fourth-order valence-corrected chi connectivity index (χ4v) is 3.65. The lowest BCUT2D eigenvalue weighted by atomic mass is 9.98. The van der Waals surface area contributed by atoms with Gasteiger partial charge in [0.2, 0.25) is 0 Å². The van der Waals surface area contributed by atoms with Crippen molar-refractivity contribution in [2.75, 3.05) is 0 Å². The van der Waals surface area contributed by atoms with Crippen molar-refractivity contribution >= 4 is 11.3 Å². The van der Waals surface area contributed by atoms with E-state index in [1.54, 1.807) is 11.3 Å². The van der Waals surface area contributed by atoms with Gasteiger partial charge in [0.05, 0.1) is 0 Å². The van der Waals surface area contributed by atoms with Crippen molar-refractivity contribution in [1.29, 1.82) is 0 Å². The minimum atomic E-state index is -4.06. The van der Waals surface area contributed by atoms with E-state index in [2.05, 4.69) is 6.07 Å². The van der Waals surface area contributed by atoms with Gasteiger partial charge in [0.25, 0.3) is 0 Å². The monoisotopic (exact) mass is 277 g/mol. The average molecular weight is 277 g/mol. The minimum Gasteiger partial charge on any atom is -0.323 e. The zero-order valence-electron chi connectivity index (χ0n) is 10.2. The zero-order valence-corrected chi connectivity index (χ0v) is 11.0. The summed E-state index contributed by atoms with van der Waals surface area (Å²) in [5, 5.41) is 0. The van der Waals surface area contributed by atoms with E-state index in [9.17, 15) is 13.2 Å². The number of halogens is 3. The third kappa shape index (κ3) is 3.72. The summed E-state index contributed by atoms with van der Waals surface area (Å²) in [7, 11) is 0. The van der Waals surface area contributed by atoms with Crippen molar-refractivity contribution in [1.82, 2.24) is 0 Å². The van der Waals surface area contributed by atoms with Crippen LogP contribution in [-0.4, -0.2) is 6.18 Å².